The van der Waals surface area contributed by atoms with Gasteiger partial charge in [-0.25, -0.2) is 0 Å². The first-order chi connectivity index (χ1) is 7.89. The number of nitrogens with one attached hydrogen (secondary N) is 1. The predicted molar refractivity (Wildman–Crippen MR) is 69.0 cm³/mol. The van der Waals surface area contributed by atoms with Gasteiger partial charge in [0.05, 0.1) is 13.2 Å². The maximum Gasteiger partial charge on any atom is 0.123 e. The average Bonchev–Trinajstić information content (AvgIpc) is 2.26. The molecule has 0 radical (unpaired) electrons. The second-order valence-electron chi connectivity index (χ2n) is 4.85. The fraction of sp³-hybridized carbons (Fsp3) is 0.500. The predicted octanol–water partition coefficient (Wildman–Crippen LogP) is 2.70. The number of nitrogens with zero attached hydrogens (tertiary/aromatic N) is 1. The van der Waals surface area contributed by atoms with Gasteiger partial charge < -0.3 is 4.74 Å². The lowest BCUT2D eigenvalue weighted by Gasteiger charge is -2.20. The highest BCUT2D eigenvalue weighted by Crippen LogP contribution is 2.24. The fourth-order valence-electron chi connectivity index (χ4n) is 1.72. The molecule has 0 heterocycles. The van der Waals surface area contributed by atoms with Crippen LogP contribution in [0.4, 0.5) is 0 Å². The first kappa shape index (κ1) is 13.5. The van der Waals surface area contributed by atoms with Crippen LogP contribution in [-0.4, -0.2) is 12.6 Å². The van der Waals surface area contributed by atoms with Gasteiger partial charge >= 0.3 is 0 Å². The van der Waals surface area contributed by atoms with E-state index in [9.17, 15) is 0 Å². The van der Waals surface area contributed by atoms with Crippen LogP contribution in [0.25, 0.3) is 0 Å². The highest BCUT2D eigenvalue weighted by molar-refractivity contribution is 5.43. The van der Waals surface area contributed by atoms with E-state index in [1.807, 2.05) is 26.8 Å². The molecule has 92 valence electrons. The molecule has 0 atom stereocenters. The second kappa shape index (κ2) is 5.20. The summed E-state index contributed by atoms with van der Waals surface area (Å²) in [5, 5.41) is 12.2. The Morgan fingerprint density at radius 2 is 2.00 bits per heavy atom. The number of rotatable bonds is 4. The third kappa shape index (κ3) is 3.47. The van der Waals surface area contributed by atoms with Crippen molar-refractivity contribution in [3.63, 3.8) is 0 Å². The number of hydrogen-bond donors (Lipinski definition) is 1. The summed E-state index contributed by atoms with van der Waals surface area (Å²) in [4.78, 5) is 0. The van der Waals surface area contributed by atoms with Gasteiger partial charge in [0.15, 0.2) is 0 Å². The van der Waals surface area contributed by atoms with Crippen LogP contribution < -0.4 is 10.1 Å². The zero-order valence-electron chi connectivity index (χ0n) is 11.2. The molecule has 0 saturated carbocycles. The lowest BCUT2D eigenvalue weighted by molar-refractivity contribution is 0.401. The summed E-state index contributed by atoms with van der Waals surface area (Å²) in [5.41, 5.74) is 2.95. The Hall–Kier alpha value is -1.53. The molecule has 1 rings (SSSR count). The SMILES string of the molecule is COc1cc(C)cc(C)c1CNC(C)(C)C#N. The van der Waals surface area contributed by atoms with Gasteiger partial charge in [0.2, 0.25) is 0 Å². The monoisotopic (exact) mass is 232 g/mol. The van der Waals surface area contributed by atoms with Crippen molar-refractivity contribution < 1.29 is 4.74 Å². The van der Waals surface area contributed by atoms with Gasteiger partial charge in [-0.05, 0) is 44.9 Å². The Balaban J connectivity index is 2.95. The van der Waals surface area contributed by atoms with Crippen LogP contribution in [0.1, 0.15) is 30.5 Å². The summed E-state index contributed by atoms with van der Waals surface area (Å²) in [6.45, 7) is 8.47. The first-order valence-electron chi connectivity index (χ1n) is 5.70. The summed E-state index contributed by atoms with van der Waals surface area (Å²) < 4.78 is 5.38. The van der Waals surface area contributed by atoms with E-state index in [0.717, 1.165) is 11.3 Å². The highest BCUT2D eigenvalue weighted by Gasteiger charge is 2.17. The van der Waals surface area contributed by atoms with Crippen LogP contribution in [0.2, 0.25) is 0 Å². The van der Waals surface area contributed by atoms with Gasteiger partial charge in [-0.15, -0.1) is 0 Å². The summed E-state index contributed by atoms with van der Waals surface area (Å²) in [7, 11) is 1.67. The number of methoxy groups -OCH3 is 1. The number of nitriles is 1. The number of benzene rings is 1. The van der Waals surface area contributed by atoms with Crippen molar-refractivity contribution in [1.29, 1.82) is 5.26 Å². The van der Waals surface area contributed by atoms with Crippen LogP contribution in [0.15, 0.2) is 12.1 Å². The zero-order chi connectivity index (χ0) is 13.1. The van der Waals surface area contributed by atoms with E-state index < -0.39 is 5.54 Å². The van der Waals surface area contributed by atoms with Gasteiger partial charge in [0, 0.05) is 12.1 Å². The summed E-state index contributed by atoms with van der Waals surface area (Å²) in [6.07, 6.45) is 0. The standard InChI is InChI=1S/C14H20N2O/c1-10-6-11(2)12(13(7-10)17-5)8-16-14(3,4)9-15/h6-7,16H,8H2,1-5H3. The molecule has 1 aromatic carbocycles. The fourth-order valence-corrected chi connectivity index (χ4v) is 1.72. The molecule has 0 amide bonds. The molecule has 0 aliphatic carbocycles. The zero-order valence-corrected chi connectivity index (χ0v) is 11.2. The van der Waals surface area contributed by atoms with Crippen molar-refractivity contribution in [2.45, 2.75) is 39.8 Å². The van der Waals surface area contributed by atoms with Gasteiger partial charge in [-0.3, -0.25) is 5.32 Å². The Morgan fingerprint density at radius 3 is 2.53 bits per heavy atom. The van der Waals surface area contributed by atoms with Gasteiger partial charge in [-0.1, -0.05) is 6.07 Å². The number of ether oxygens (including phenoxy) is 1. The summed E-state index contributed by atoms with van der Waals surface area (Å²) >= 11 is 0. The van der Waals surface area contributed by atoms with Crippen molar-refractivity contribution in [1.82, 2.24) is 5.32 Å². The average molecular weight is 232 g/mol. The summed E-state index contributed by atoms with van der Waals surface area (Å²) in [5.74, 6) is 0.878. The van der Waals surface area contributed by atoms with E-state index in [-0.39, 0.29) is 0 Å². The van der Waals surface area contributed by atoms with Crippen LogP contribution in [0.3, 0.4) is 0 Å². The maximum atomic E-state index is 8.97. The molecule has 0 fully saturated rings. The van der Waals surface area contributed by atoms with Gasteiger partial charge in [0.25, 0.3) is 0 Å². The van der Waals surface area contributed by atoms with E-state index in [2.05, 4.69) is 24.4 Å². The van der Waals surface area contributed by atoms with Gasteiger partial charge in [0.1, 0.15) is 11.3 Å². The molecular formula is C14H20N2O. The van der Waals surface area contributed by atoms with Crippen molar-refractivity contribution >= 4 is 0 Å². The van der Waals surface area contributed by atoms with Crippen LogP contribution in [-0.2, 0) is 6.54 Å². The van der Waals surface area contributed by atoms with Crippen LogP contribution >= 0.6 is 0 Å². The molecule has 1 N–H and O–H groups in total. The van der Waals surface area contributed by atoms with Crippen molar-refractivity contribution in [3.05, 3.63) is 28.8 Å². The topological polar surface area (TPSA) is 45.0 Å². The van der Waals surface area contributed by atoms with E-state index in [0.29, 0.717) is 6.54 Å². The Labute approximate surface area is 103 Å². The lowest BCUT2D eigenvalue weighted by atomic mass is 10.0. The Kier molecular flexibility index (Phi) is 4.14. The number of hydrogen-bond acceptors (Lipinski definition) is 3. The Morgan fingerprint density at radius 1 is 1.35 bits per heavy atom. The lowest BCUT2D eigenvalue weighted by Crippen LogP contribution is -2.37. The molecule has 17 heavy (non-hydrogen) atoms. The minimum Gasteiger partial charge on any atom is -0.496 e. The van der Waals surface area contributed by atoms with E-state index in [1.165, 1.54) is 11.1 Å². The second-order valence-corrected chi connectivity index (χ2v) is 4.85. The molecule has 3 nitrogen and oxygen atoms in total. The van der Waals surface area contributed by atoms with E-state index in [1.54, 1.807) is 7.11 Å². The van der Waals surface area contributed by atoms with Crippen molar-refractivity contribution in [3.8, 4) is 11.8 Å². The molecule has 0 saturated heterocycles. The normalized spacial score (nSPS) is 11.1. The maximum absolute atomic E-state index is 8.97. The minimum atomic E-state index is -0.525. The first-order valence-corrected chi connectivity index (χ1v) is 5.70. The highest BCUT2D eigenvalue weighted by atomic mass is 16.5. The third-order valence-corrected chi connectivity index (χ3v) is 2.78. The molecule has 0 bridgehead atoms. The molecule has 0 spiro atoms. The van der Waals surface area contributed by atoms with Gasteiger partial charge in [-0.2, -0.15) is 5.26 Å². The largest absolute Gasteiger partial charge is 0.496 e. The summed E-state index contributed by atoms with van der Waals surface area (Å²) in [6, 6.07) is 6.37. The molecule has 0 aliphatic rings. The molecule has 0 unspecified atom stereocenters. The smallest absolute Gasteiger partial charge is 0.123 e. The molecule has 1 aromatic rings. The Bertz CT molecular complexity index is 444. The molecule has 0 aromatic heterocycles. The molecule has 0 aliphatic heterocycles. The van der Waals surface area contributed by atoms with Crippen molar-refractivity contribution in [2.75, 3.05) is 7.11 Å². The quantitative estimate of drug-likeness (QED) is 0.868. The van der Waals surface area contributed by atoms with Crippen molar-refractivity contribution in [2.24, 2.45) is 0 Å². The van der Waals surface area contributed by atoms with Crippen LogP contribution in [0.5, 0.6) is 5.75 Å². The molecular weight excluding hydrogens is 212 g/mol. The van der Waals surface area contributed by atoms with Crippen LogP contribution in [0, 0.1) is 25.2 Å². The van der Waals surface area contributed by atoms with E-state index in [4.69, 9.17) is 10.00 Å². The van der Waals surface area contributed by atoms with E-state index >= 15 is 0 Å². The minimum absolute atomic E-state index is 0.525. The molecule has 3 heteroatoms. The number of aryl methyl sites for hydroxylation is 2. The third-order valence-electron chi connectivity index (χ3n) is 2.78.